The third-order valence-corrected chi connectivity index (χ3v) is 2.64. The lowest BCUT2D eigenvalue weighted by Gasteiger charge is -2.06. The Balaban J connectivity index is -0.000000516. The molecule has 0 radical (unpaired) electrons. The molecule has 0 spiro atoms. The van der Waals surface area contributed by atoms with E-state index in [1.807, 2.05) is 13.8 Å². The minimum Gasteiger partial charge on any atom is -0.475 e. The molecule has 0 bridgehead atoms. The van der Waals surface area contributed by atoms with Crippen LogP contribution in [0.15, 0.2) is 10.2 Å². The summed E-state index contributed by atoms with van der Waals surface area (Å²) in [6, 6.07) is 0. The molecule has 0 aromatic carbocycles. The molecule has 0 atom stereocenters. The van der Waals surface area contributed by atoms with Crippen molar-refractivity contribution in [3.8, 4) is 0 Å². The highest BCUT2D eigenvalue weighted by atomic mass is 32.1. The fraction of sp³-hybridized carbons (Fsp3) is 0.643. The summed E-state index contributed by atoms with van der Waals surface area (Å²) in [5, 5.41) is 21.9. The molecule has 0 saturated carbocycles. The first-order chi connectivity index (χ1) is 12.9. The van der Waals surface area contributed by atoms with Gasteiger partial charge in [0.1, 0.15) is 0 Å². The van der Waals surface area contributed by atoms with Gasteiger partial charge in [-0.3, -0.25) is 10.9 Å². The van der Waals surface area contributed by atoms with Gasteiger partial charge in [0.05, 0.1) is 24.5 Å². The smallest absolute Gasteiger partial charge is 0.475 e. The average molecular weight is 449 g/mol. The van der Waals surface area contributed by atoms with Crippen LogP contribution in [0, 0.1) is 0 Å². The molecule has 0 aromatic rings. The summed E-state index contributed by atoms with van der Waals surface area (Å²) in [7, 11) is 1.72. The van der Waals surface area contributed by atoms with Crippen LogP contribution in [0.1, 0.15) is 34.1 Å². The summed E-state index contributed by atoms with van der Waals surface area (Å²) in [5.41, 5.74) is 10.5. The van der Waals surface area contributed by atoms with Gasteiger partial charge in [-0.1, -0.05) is 20.3 Å². The summed E-state index contributed by atoms with van der Waals surface area (Å²) in [6.45, 7) is 9.36. The van der Waals surface area contributed by atoms with Crippen LogP contribution < -0.4 is 27.2 Å². The van der Waals surface area contributed by atoms with Crippen molar-refractivity contribution in [2.75, 3.05) is 20.1 Å². The minimum absolute atomic E-state index is 0.447. The van der Waals surface area contributed by atoms with E-state index < -0.39 is 12.1 Å². The quantitative estimate of drug-likeness (QED) is 0.204. The van der Waals surface area contributed by atoms with Gasteiger partial charge < -0.3 is 21.5 Å². The number of aliphatic carboxylic acids is 1. The van der Waals surface area contributed by atoms with E-state index in [9.17, 15) is 13.2 Å². The van der Waals surface area contributed by atoms with Gasteiger partial charge in [-0.25, -0.2) is 4.79 Å². The zero-order valence-corrected chi connectivity index (χ0v) is 18.2. The van der Waals surface area contributed by atoms with E-state index in [2.05, 4.69) is 51.3 Å². The minimum atomic E-state index is -5.08. The molecule has 0 aliphatic heterocycles. The second-order valence-electron chi connectivity index (χ2n) is 4.82. The Hall–Kier alpha value is -2.06. The number of hydrogen-bond acceptors (Lipinski definition) is 5. The summed E-state index contributed by atoms with van der Waals surface area (Å²) < 4.78 is 31.7. The summed E-state index contributed by atoms with van der Waals surface area (Å²) in [6.07, 6.45) is -3.83. The van der Waals surface area contributed by atoms with Gasteiger partial charge in [0.25, 0.3) is 0 Å². The van der Waals surface area contributed by atoms with Crippen LogP contribution in [0.5, 0.6) is 0 Å². The first-order valence-electron chi connectivity index (χ1n) is 8.07. The van der Waals surface area contributed by atoms with Crippen LogP contribution in [0.2, 0.25) is 0 Å². The zero-order chi connectivity index (χ0) is 22.8. The van der Waals surface area contributed by atoms with E-state index in [1.165, 1.54) is 6.42 Å². The second-order valence-corrected chi connectivity index (χ2v) is 5.63. The molecule has 0 unspecified atom stereocenters. The van der Waals surface area contributed by atoms with Gasteiger partial charge in [-0.05, 0) is 38.3 Å². The average Bonchev–Trinajstić information content (AvgIpc) is 2.62. The number of rotatable bonds is 5. The summed E-state index contributed by atoms with van der Waals surface area (Å²) in [5.74, 6) is -2.76. The number of hydrazone groups is 2. The van der Waals surface area contributed by atoms with Gasteiger partial charge in [-0.2, -0.15) is 23.4 Å². The highest BCUT2D eigenvalue weighted by molar-refractivity contribution is 7.80. The molecule has 28 heavy (non-hydrogen) atoms. The predicted molar refractivity (Wildman–Crippen MR) is 112 cm³/mol. The van der Waals surface area contributed by atoms with Gasteiger partial charge in [0, 0.05) is 7.05 Å². The van der Waals surface area contributed by atoms with Crippen molar-refractivity contribution in [1.82, 2.24) is 21.5 Å². The Kier molecular flexibility index (Phi) is 20.0. The van der Waals surface area contributed by atoms with Crippen molar-refractivity contribution in [2.45, 2.75) is 40.3 Å². The van der Waals surface area contributed by atoms with Gasteiger partial charge in [-0.15, -0.1) is 0 Å². The number of carboxylic acids is 1. The third kappa shape index (κ3) is 22.0. The number of thiocarbonyl (C=S) groups is 2. The Morgan fingerprint density at radius 2 is 1.43 bits per heavy atom. The van der Waals surface area contributed by atoms with Crippen LogP contribution >= 0.6 is 24.4 Å². The maximum atomic E-state index is 10.6. The monoisotopic (exact) mass is 448 g/mol. The normalized spacial score (nSPS) is 11.0. The van der Waals surface area contributed by atoms with Crippen molar-refractivity contribution < 1.29 is 28.8 Å². The van der Waals surface area contributed by atoms with Crippen LogP contribution in [0.4, 0.5) is 13.2 Å². The number of alkyl halides is 3. The molecule has 0 amide bonds. The molecule has 0 rings (SSSR count). The lowest BCUT2D eigenvalue weighted by atomic mass is 10.3. The van der Waals surface area contributed by atoms with Crippen LogP contribution in [0.25, 0.3) is 0 Å². The highest BCUT2D eigenvalue weighted by Gasteiger charge is 2.38. The molecule has 0 aliphatic carbocycles. The molecule has 14 heteroatoms. The molecule has 0 aromatic heterocycles. The Bertz CT molecular complexity index is 542. The maximum absolute atomic E-state index is 10.6. The molecule has 0 aliphatic rings. The molecule has 0 saturated heterocycles. The van der Waals surface area contributed by atoms with Crippen LogP contribution in [-0.2, 0) is 4.79 Å². The lowest BCUT2D eigenvalue weighted by Crippen LogP contribution is -2.55. The molecule has 164 valence electrons. The largest absolute Gasteiger partial charge is 0.490 e. The molecular weight excluding hydrogens is 419 g/mol. The summed E-state index contributed by atoms with van der Waals surface area (Å²) in [4.78, 5) is 8.90. The standard InChI is InChI=1S/C9H19N7S2.C3H8.C2HF3O2/c1-6(13-15-8(17)11-3)7(2)14-16-9(18)12-5-4-10;1-3-2;3-2(4,5)1(6)7/h4-5,10H2,1-3H3,(H2,11,15,17)(H2,12,16,18);3H2,1-2H3;(H,6,7)/p+1/b13-6+,14-7+;;. The van der Waals surface area contributed by atoms with E-state index in [-0.39, 0.29) is 0 Å². The second kappa shape index (κ2) is 18.3. The molecule has 9 nitrogen and oxygen atoms in total. The number of carbonyl (C=O) groups is 1. The fourth-order valence-electron chi connectivity index (χ4n) is 0.728. The number of nitrogens with one attached hydrogen (secondary N) is 4. The maximum Gasteiger partial charge on any atom is 0.490 e. The van der Waals surface area contributed by atoms with Crippen molar-refractivity contribution in [3.05, 3.63) is 0 Å². The highest BCUT2D eigenvalue weighted by Crippen LogP contribution is 2.13. The third-order valence-electron chi connectivity index (χ3n) is 2.11. The summed E-state index contributed by atoms with van der Waals surface area (Å²) >= 11 is 9.90. The number of hydrogen-bond donors (Lipinski definition) is 6. The Morgan fingerprint density at radius 1 is 1.07 bits per heavy atom. The number of nitrogens with zero attached hydrogens (tertiary/aromatic N) is 2. The zero-order valence-electron chi connectivity index (χ0n) is 16.5. The number of quaternary nitrogens is 1. The molecule has 0 fully saturated rings. The Labute approximate surface area is 173 Å². The SMILES string of the molecule is CCC.CNC(=S)N/N=C(C)/C(C)=N/NC(=S)NCC[NH3+].O=C(O)C(F)(F)F. The molecule has 8 N–H and O–H groups in total. The van der Waals surface area contributed by atoms with Crippen molar-refractivity contribution in [1.29, 1.82) is 0 Å². The Morgan fingerprint density at radius 3 is 1.71 bits per heavy atom. The van der Waals surface area contributed by atoms with E-state index in [0.29, 0.717) is 28.2 Å². The molecule has 0 heterocycles. The van der Waals surface area contributed by atoms with Gasteiger partial charge >= 0.3 is 12.1 Å². The van der Waals surface area contributed by atoms with Crippen molar-refractivity contribution in [2.24, 2.45) is 10.2 Å². The first-order valence-corrected chi connectivity index (χ1v) is 8.88. The van der Waals surface area contributed by atoms with E-state index in [4.69, 9.17) is 34.3 Å². The van der Waals surface area contributed by atoms with E-state index in [0.717, 1.165) is 6.54 Å². The number of carboxylic acid groups (broad SMARTS) is 1. The number of halogens is 3. The van der Waals surface area contributed by atoms with Gasteiger partial charge in [0.15, 0.2) is 10.2 Å². The van der Waals surface area contributed by atoms with Crippen molar-refractivity contribution >= 4 is 52.1 Å². The predicted octanol–water partition coefficient (Wildman–Crippen LogP) is 0.588. The van der Waals surface area contributed by atoms with Crippen molar-refractivity contribution in [3.63, 3.8) is 0 Å². The fourth-order valence-corrected chi connectivity index (χ4v) is 0.922. The van der Waals surface area contributed by atoms with E-state index in [1.54, 1.807) is 7.05 Å². The van der Waals surface area contributed by atoms with E-state index >= 15 is 0 Å². The van der Waals surface area contributed by atoms with Crippen LogP contribution in [0.3, 0.4) is 0 Å². The van der Waals surface area contributed by atoms with Gasteiger partial charge in [0.2, 0.25) is 0 Å². The first kappa shape index (κ1) is 30.7. The topological polar surface area (TPSA) is 138 Å². The lowest BCUT2D eigenvalue weighted by molar-refractivity contribution is -0.364. The molecular formula is C14H29F3N7O2S2+. The van der Waals surface area contributed by atoms with Crippen LogP contribution in [-0.4, -0.2) is 59.0 Å².